The van der Waals surface area contributed by atoms with Gasteiger partial charge in [-0.15, -0.1) is 0 Å². The molecule has 190 valence electrons. The molecule has 4 aliphatic rings. The first-order valence-corrected chi connectivity index (χ1v) is 12.9. The lowest BCUT2D eigenvalue weighted by atomic mass is 9.73. The van der Waals surface area contributed by atoms with Crippen molar-refractivity contribution in [3.05, 3.63) is 46.6 Å². The van der Waals surface area contributed by atoms with Crippen molar-refractivity contribution in [2.45, 2.75) is 56.1 Å². The average Bonchev–Trinajstić information content (AvgIpc) is 3.11. The second-order valence-electron chi connectivity index (χ2n) is 10.3. The summed E-state index contributed by atoms with van der Waals surface area (Å²) in [6.07, 6.45) is 4.52. The Labute approximate surface area is 220 Å². The number of nitrogens with zero attached hydrogens (tertiary/aromatic N) is 4. The molecule has 2 aromatic rings. The van der Waals surface area contributed by atoms with Crippen molar-refractivity contribution in [3.63, 3.8) is 0 Å². The van der Waals surface area contributed by atoms with Crippen molar-refractivity contribution in [2.24, 2.45) is 0 Å². The number of likely N-dealkylation sites (N-methyl/N-ethyl adjacent to an activating group) is 1. The van der Waals surface area contributed by atoms with E-state index in [2.05, 4.69) is 9.88 Å². The summed E-state index contributed by atoms with van der Waals surface area (Å²) in [7, 11) is 0. The van der Waals surface area contributed by atoms with E-state index in [9.17, 15) is 14.7 Å². The third kappa shape index (κ3) is 3.86. The number of pyridine rings is 1. The zero-order chi connectivity index (χ0) is 27.5. The van der Waals surface area contributed by atoms with Crippen LogP contribution >= 0.6 is 11.6 Å². The Bertz CT molecular complexity index is 1310. The number of aliphatic hydroxyl groups excluding tert-OH is 1. The van der Waals surface area contributed by atoms with Gasteiger partial charge < -0.3 is 14.7 Å². The van der Waals surface area contributed by atoms with Crippen LogP contribution in [0.15, 0.2) is 30.5 Å². The van der Waals surface area contributed by atoms with Gasteiger partial charge in [0.1, 0.15) is 18.2 Å². The number of aryl methyl sites for hydroxylation is 1. The molecule has 1 aromatic heterocycles. The maximum absolute atomic E-state index is 13.5. The van der Waals surface area contributed by atoms with Crippen LogP contribution in [0.2, 0.25) is 5.02 Å². The number of hydrogen-bond acceptors (Lipinski definition) is 6. The lowest BCUT2D eigenvalue weighted by Crippen LogP contribution is -2.52. The topological polar surface area (TPSA) is 86.2 Å². The molecule has 6 rings (SSSR count). The molecule has 9 heteroatoms. The number of aliphatic hydroxyl groups is 1. The van der Waals surface area contributed by atoms with Crippen LogP contribution in [0.3, 0.4) is 0 Å². The van der Waals surface area contributed by atoms with Gasteiger partial charge in [0, 0.05) is 40.8 Å². The largest absolute Gasteiger partial charge is 0.491 e. The Morgan fingerprint density at radius 1 is 1.22 bits per heavy atom. The van der Waals surface area contributed by atoms with Crippen molar-refractivity contribution in [2.75, 3.05) is 43.0 Å². The van der Waals surface area contributed by atoms with E-state index in [-0.39, 0.29) is 24.0 Å². The van der Waals surface area contributed by atoms with Crippen molar-refractivity contribution in [3.8, 4) is 5.75 Å². The van der Waals surface area contributed by atoms with Gasteiger partial charge in [-0.1, -0.05) is 11.6 Å². The number of hydrogen-bond donors (Lipinski definition) is 1. The molecule has 0 radical (unpaired) electrons. The van der Waals surface area contributed by atoms with Gasteiger partial charge in [0.25, 0.3) is 0 Å². The van der Waals surface area contributed by atoms with Crippen LogP contribution in [-0.2, 0) is 21.4 Å². The Morgan fingerprint density at radius 3 is 2.78 bits per heavy atom. The smallest absolute Gasteiger partial charge is 0.237 e. The fraction of sp³-hybridized carbons (Fsp3) is 0.519. The maximum Gasteiger partial charge on any atom is 0.237 e. The van der Waals surface area contributed by atoms with Crippen molar-refractivity contribution in [1.29, 1.82) is 0 Å². The first kappa shape index (κ1) is 20.4. The summed E-state index contributed by atoms with van der Waals surface area (Å²) < 4.78 is 29.8. The number of carbonyl (C=O) groups is 2. The fourth-order valence-corrected chi connectivity index (χ4v) is 6.22. The highest BCUT2D eigenvalue weighted by molar-refractivity contribution is 6.31. The first-order chi connectivity index (χ1) is 18.6. The highest BCUT2D eigenvalue weighted by atomic mass is 35.5. The van der Waals surface area contributed by atoms with E-state index >= 15 is 0 Å². The minimum Gasteiger partial charge on any atom is -0.491 e. The number of piperidine rings is 1. The van der Waals surface area contributed by atoms with Gasteiger partial charge in [-0.05, 0) is 80.6 Å². The quantitative estimate of drug-likeness (QED) is 0.661. The number of fused-ring (bicyclic) bond motifs is 3. The van der Waals surface area contributed by atoms with Gasteiger partial charge in [0.15, 0.2) is 0 Å². The van der Waals surface area contributed by atoms with E-state index in [4.69, 9.17) is 20.5 Å². The van der Waals surface area contributed by atoms with Crippen LogP contribution < -0.4 is 14.5 Å². The highest BCUT2D eigenvalue weighted by Gasteiger charge is 2.51. The third-order valence-electron chi connectivity index (χ3n) is 8.19. The average molecular weight is 514 g/mol. The molecule has 1 N–H and O–H groups in total. The molecular weight excluding hydrogens is 480 g/mol. The van der Waals surface area contributed by atoms with Gasteiger partial charge in [0.05, 0.1) is 17.7 Å². The van der Waals surface area contributed by atoms with Gasteiger partial charge >= 0.3 is 0 Å². The molecule has 1 spiro atoms. The molecule has 2 fully saturated rings. The van der Waals surface area contributed by atoms with Crippen LogP contribution in [0.1, 0.15) is 47.3 Å². The van der Waals surface area contributed by atoms with Gasteiger partial charge in [0.2, 0.25) is 11.8 Å². The van der Waals surface area contributed by atoms with Gasteiger partial charge in [-0.2, -0.15) is 0 Å². The molecule has 0 atom stereocenters. The van der Waals surface area contributed by atoms with Crippen molar-refractivity contribution < 1.29 is 23.5 Å². The van der Waals surface area contributed by atoms with Crippen LogP contribution in [-0.4, -0.2) is 72.2 Å². The molecule has 8 nitrogen and oxygen atoms in total. The predicted octanol–water partition coefficient (Wildman–Crippen LogP) is 2.93. The molecule has 1 aliphatic carbocycles. The van der Waals surface area contributed by atoms with Crippen molar-refractivity contribution >= 4 is 34.9 Å². The lowest BCUT2D eigenvalue weighted by molar-refractivity contribution is -0.124. The van der Waals surface area contributed by atoms with Crippen LogP contribution in [0.25, 0.3) is 0 Å². The number of benzene rings is 1. The summed E-state index contributed by atoms with van der Waals surface area (Å²) >= 11 is 6.25. The maximum atomic E-state index is 13.5. The fourth-order valence-electron chi connectivity index (χ4n) is 6.05. The number of amides is 2. The number of halogens is 1. The molecular formula is C27H31ClN4O4. The third-order valence-corrected chi connectivity index (χ3v) is 8.42. The number of rotatable bonds is 5. The van der Waals surface area contributed by atoms with E-state index < -0.39 is 12.4 Å². The number of ether oxygens (including phenoxy) is 1. The predicted molar refractivity (Wildman–Crippen MR) is 137 cm³/mol. The zero-order valence-corrected chi connectivity index (χ0v) is 20.7. The number of aromatic nitrogens is 1. The monoisotopic (exact) mass is 513 g/mol. The van der Waals surface area contributed by atoms with Crippen molar-refractivity contribution in [1.82, 2.24) is 9.88 Å². The summed E-state index contributed by atoms with van der Waals surface area (Å²) in [6, 6.07) is 6.96. The van der Waals surface area contributed by atoms with E-state index in [1.54, 1.807) is 29.3 Å². The standard InChI is InChI=1S/C27H31ClN4O4/c1-30-23-4-3-18(28)13-22(23)27(26(30)35)6-8-31(9-7-27)10-11-36-21-12-17-2-5-24(34)32(25(17)29-16-21)19-14-20(33)15-19/h3-4,12-13,16,19-20,33H,2,5-11,14-15H2,1H3/i1D3. The first-order valence-electron chi connectivity index (χ1n) is 14.1. The second-order valence-corrected chi connectivity index (χ2v) is 10.7. The SMILES string of the molecule is [2H]C([2H])([2H])N1C(=O)C2(CCN(CCOc3cnc4c(c3)CCC(=O)N4C3CC(O)C3)CC2)c2cc(Cl)ccc21. The lowest BCUT2D eigenvalue weighted by Gasteiger charge is -2.42. The molecule has 4 heterocycles. The number of likely N-dealkylation sites (tertiary alicyclic amines) is 1. The zero-order valence-electron chi connectivity index (χ0n) is 23.0. The van der Waals surface area contributed by atoms with Crippen LogP contribution in [0.4, 0.5) is 11.5 Å². The van der Waals surface area contributed by atoms with E-state index in [1.165, 1.54) is 0 Å². The van der Waals surface area contributed by atoms with E-state index in [0.29, 0.717) is 92.6 Å². The Hall–Kier alpha value is -2.68. The van der Waals surface area contributed by atoms with E-state index in [1.807, 2.05) is 6.07 Å². The number of carbonyl (C=O) groups excluding carboxylic acids is 2. The molecule has 0 unspecified atom stereocenters. The molecule has 0 bridgehead atoms. The van der Waals surface area contributed by atoms with Crippen LogP contribution in [0.5, 0.6) is 5.75 Å². The minimum atomic E-state index is -2.56. The normalized spacial score (nSPS) is 26.7. The molecule has 2 amide bonds. The second kappa shape index (κ2) is 9.01. The summed E-state index contributed by atoms with van der Waals surface area (Å²) in [6.45, 7) is -0.216. The summed E-state index contributed by atoms with van der Waals surface area (Å²) in [4.78, 5) is 35.4. The molecule has 1 aromatic carbocycles. The molecule has 3 aliphatic heterocycles. The summed E-state index contributed by atoms with van der Waals surface area (Å²) in [5.74, 6) is 0.994. The minimum absolute atomic E-state index is 0.00907. The summed E-state index contributed by atoms with van der Waals surface area (Å²) in [5, 5.41) is 10.2. The Morgan fingerprint density at radius 2 is 2.03 bits per heavy atom. The van der Waals surface area contributed by atoms with Gasteiger partial charge in [-0.3, -0.25) is 19.4 Å². The Balaban J connectivity index is 1.08. The highest BCUT2D eigenvalue weighted by Crippen LogP contribution is 2.48. The van der Waals surface area contributed by atoms with Gasteiger partial charge in [-0.25, -0.2) is 4.98 Å². The summed E-state index contributed by atoms with van der Waals surface area (Å²) in [5.41, 5.74) is 1.23. The molecule has 36 heavy (non-hydrogen) atoms. The van der Waals surface area contributed by atoms with E-state index in [0.717, 1.165) is 10.5 Å². The molecule has 1 saturated heterocycles. The Kier molecular flexibility index (Phi) is 5.10. The number of anilines is 2. The molecule has 1 saturated carbocycles. The van der Waals surface area contributed by atoms with Crippen LogP contribution in [0, 0.1) is 0 Å².